The third kappa shape index (κ3) is 2.84. The van der Waals surface area contributed by atoms with E-state index in [0.29, 0.717) is 31.5 Å². The lowest BCUT2D eigenvalue weighted by Crippen LogP contribution is -2.45. The number of aromatic nitrogens is 2. The van der Waals surface area contributed by atoms with Crippen LogP contribution in [0.2, 0.25) is 0 Å². The van der Waals surface area contributed by atoms with Gasteiger partial charge < -0.3 is 14.1 Å². The van der Waals surface area contributed by atoms with Crippen LogP contribution in [0.25, 0.3) is 0 Å². The Morgan fingerprint density at radius 2 is 2.38 bits per heavy atom. The van der Waals surface area contributed by atoms with Gasteiger partial charge in [0.1, 0.15) is 6.04 Å². The number of hydrogen-bond acceptors (Lipinski definition) is 6. The molecule has 6 nitrogen and oxygen atoms in total. The predicted molar refractivity (Wildman–Crippen MR) is 77.0 cm³/mol. The molecule has 0 saturated carbocycles. The first kappa shape index (κ1) is 14.2. The lowest BCUT2D eigenvalue weighted by Gasteiger charge is -2.35. The SMILES string of the molecule is Cc1nnc([C@@H]2COCCN2C(=O)[C@@H](C)c2ccsc2)o1. The molecule has 0 radical (unpaired) electrons. The van der Waals surface area contributed by atoms with Crippen molar-refractivity contribution in [3.63, 3.8) is 0 Å². The summed E-state index contributed by atoms with van der Waals surface area (Å²) in [6.45, 7) is 5.13. The molecule has 0 spiro atoms. The first-order chi connectivity index (χ1) is 10.2. The fourth-order valence-corrected chi connectivity index (χ4v) is 3.19. The minimum atomic E-state index is -0.298. The van der Waals surface area contributed by atoms with Crippen LogP contribution in [0.4, 0.5) is 0 Å². The van der Waals surface area contributed by atoms with Gasteiger partial charge in [-0.25, -0.2) is 0 Å². The molecule has 0 aromatic carbocycles. The van der Waals surface area contributed by atoms with Gasteiger partial charge in [0.2, 0.25) is 17.7 Å². The van der Waals surface area contributed by atoms with Crippen LogP contribution >= 0.6 is 11.3 Å². The first-order valence-electron chi connectivity index (χ1n) is 6.87. The molecule has 7 heteroatoms. The maximum atomic E-state index is 12.8. The maximum absolute atomic E-state index is 12.8. The molecule has 1 saturated heterocycles. The largest absolute Gasteiger partial charge is 0.423 e. The Kier molecular flexibility index (Phi) is 4.03. The molecule has 0 N–H and O–H groups in total. The smallest absolute Gasteiger partial charge is 0.241 e. The van der Waals surface area contributed by atoms with E-state index in [4.69, 9.17) is 9.15 Å². The van der Waals surface area contributed by atoms with Crippen molar-refractivity contribution >= 4 is 17.2 Å². The number of rotatable bonds is 3. The van der Waals surface area contributed by atoms with Gasteiger partial charge in [-0.1, -0.05) is 0 Å². The van der Waals surface area contributed by atoms with Crippen LogP contribution in [0.15, 0.2) is 21.2 Å². The van der Waals surface area contributed by atoms with E-state index < -0.39 is 0 Å². The fraction of sp³-hybridized carbons (Fsp3) is 0.500. The van der Waals surface area contributed by atoms with Gasteiger partial charge in [0, 0.05) is 13.5 Å². The first-order valence-corrected chi connectivity index (χ1v) is 7.81. The number of morpholine rings is 1. The molecule has 2 aromatic rings. The van der Waals surface area contributed by atoms with Gasteiger partial charge in [0.25, 0.3) is 0 Å². The summed E-state index contributed by atoms with van der Waals surface area (Å²) in [5.41, 5.74) is 1.04. The Bertz CT molecular complexity index is 611. The molecule has 0 unspecified atom stereocenters. The quantitative estimate of drug-likeness (QED) is 0.869. The number of carbonyl (C=O) groups is 1. The van der Waals surface area contributed by atoms with Gasteiger partial charge >= 0.3 is 0 Å². The van der Waals surface area contributed by atoms with Crippen molar-refractivity contribution in [3.8, 4) is 0 Å². The highest BCUT2D eigenvalue weighted by Crippen LogP contribution is 2.28. The zero-order valence-corrected chi connectivity index (χ0v) is 12.8. The third-order valence-corrected chi connectivity index (χ3v) is 4.35. The highest BCUT2D eigenvalue weighted by atomic mass is 32.1. The van der Waals surface area contributed by atoms with Gasteiger partial charge in [-0.2, -0.15) is 11.3 Å². The highest BCUT2D eigenvalue weighted by molar-refractivity contribution is 7.08. The summed E-state index contributed by atoms with van der Waals surface area (Å²) >= 11 is 1.60. The molecule has 1 amide bonds. The van der Waals surface area contributed by atoms with E-state index in [1.807, 2.05) is 23.8 Å². The summed E-state index contributed by atoms with van der Waals surface area (Å²) in [6, 6.07) is 1.69. The number of thiophene rings is 1. The van der Waals surface area contributed by atoms with E-state index in [-0.39, 0.29) is 17.9 Å². The van der Waals surface area contributed by atoms with E-state index in [0.717, 1.165) is 5.56 Å². The Labute approximate surface area is 126 Å². The van der Waals surface area contributed by atoms with Crippen molar-refractivity contribution in [2.45, 2.75) is 25.8 Å². The molecular weight excluding hydrogens is 290 g/mol. The van der Waals surface area contributed by atoms with Crippen LogP contribution in [-0.2, 0) is 9.53 Å². The van der Waals surface area contributed by atoms with Crippen molar-refractivity contribution in [1.82, 2.24) is 15.1 Å². The van der Waals surface area contributed by atoms with Crippen molar-refractivity contribution in [2.75, 3.05) is 19.8 Å². The number of aryl methyl sites for hydroxylation is 1. The summed E-state index contributed by atoms with van der Waals surface area (Å²) in [5, 5.41) is 11.9. The van der Waals surface area contributed by atoms with Gasteiger partial charge in [0.05, 0.1) is 19.1 Å². The summed E-state index contributed by atoms with van der Waals surface area (Å²) in [7, 11) is 0. The molecule has 2 aromatic heterocycles. The lowest BCUT2D eigenvalue weighted by molar-refractivity contribution is -0.142. The van der Waals surface area contributed by atoms with Gasteiger partial charge in [-0.15, -0.1) is 10.2 Å². The zero-order valence-electron chi connectivity index (χ0n) is 12.0. The molecule has 21 heavy (non-hydrogen) atoms. The van der Waals surface area contributed by atoms with Crippen LogP contribution in [0.1, 0.15) is 36.2 Å². The number of nitrogens with zero attached hydrogens (tertiary/aromatic N) is 3. The van der Waals surface area contributed by atoms with Gasteiger partial charge in [0.15, 0.2) is 0 Å². The third-order valence-electron chi connectivity index (χ3n) is 3.65. The molecule has 2 atom stereocenters. The van der Waals surface area contributed by atoms with Crippen LogP contribution < -0.4 is 0 Å². The molecular formula is C14H17N3O3S. The molecule has 1 fully saturated rings. The molecule has 112 valence electrons. The van der Waals surface area contributed by atoms with E-state index in [2.05, 4.69) is 10.2 Å². The monoisotopic (exact) mass is 307 g/mol. The minimum absolute atomic E-state index is 0.0672. The summed E-state index contributed by atoms with van der Waals surface area (Å²) < 4.78 is 11.0. The van der Waals surface area contributed by atoms with Crippen molar-refractivity contribution in [2.24, 2.45) is 0 Å². The molecule has 3 heterocycles. The second kappa shape index (κ2) is 5.95. The average molecular weight is 307 g/mol. The second-order valence-corrected chi connectivity index (χ2v) is 5.84. The summed E-state index contributed by atoms with van der Waals surface area (Å²) in [5.74, 6) is 0.824. The zero-order chi connectivity index (χ0) is 14.8. The molecule has 1 aliphatic rings. The minimum Gasteiger partial charge on any atom is -0.423 e. The molecule has 0 bridgehead atoms. The highest BCUT2D eigenvalue weighted by Gasteiger charge is 2.34. The molecule has 0 aliphatic carbocycles. The van der Waals surface area contributed by atoms with E-state index in [1.165, 1.54) is 0 Å². The maximum Gasteiger partial charge on any atom is 0.241 e. The fourth-order valence-electron chi connectivity index (χ4n) is 2.43. The van der Waals surface area contributed by atoms with Crippen LogP contribution in [0.5, 0.6) is 0 Å². The number of amides is 1. The Morgan fingerprint density at radius 1 is 1.52 bits per heavy atom. The van der Waals surface area contributed by atoms with Gasteiger partial charge in [-0.3, -0.25) is 4.79 Å². The Hall–Kier alpha value is -1.73. The Balaban J connectivity index is 1.82. The number of ether oxygens (including phenoxy) is 1. The van der Waals surface area contributed by atoms with E-state index in [1.54, 1.807) is 23.2 Å². The average Bonchev–Trinajstić information content (AvgIpc) is 3.17. The van der Waals surface area contributed by atoms with Crippen LogP contribution in [-0.4, -0.2) is 40.8 Å². The van der Waals surface area contributed by atoms with E-state index in [9.17, 15) is 4.79 Å². The summed E-state index contributed by atoms with van der Waals surface area (Å²) in [6.07, 6.45) is 0. The predicted octanol–water partition coefficient (Wildman–Crippen LogP) is 2.14. The van der Waals surface area contributed by atoms with Crippen LogP contribution in [0.3, 0.4) is 0 Å². The number of hydrogen-bond donors (Lipinski definition) is 0. The lowest BCUT2D eigenvalue weighted by atomic mass is 10.0. The van der Waals surface area contributed by atoms with Crippen LogP contribution in [0, 0.1) is 6.92 Å². The van der Waals surface area contributed by atoms with Crippen molar-refractivity contribution in [1.29, 1.82) is 0 Å². The molecule has 1 aliphatic heterocycles. The van der Waals surface area contributed by atoms with Crippen molar-refractivity contribution in [3.05, 3.63) is 34.2 Å². The second-order valence-electron chi connectivity index (χ2n) is 5.06. The Morgan fingerprint density at radius 3 is 3.05 bits per heavy atom. The molecule has 3 rings (SSSR count). The summed E-state index contributed by atoms with van der Waals surface area (Å²) in [4.78, 5) is 14.6. The topological polar surface area (TPSA) is 68.5 Å². The van der Waals surface area contributed by atoms with Crippen molar-refractivity contribution < 1.29 is 13.9 Å². The van der Waals surface area contributed by atoms with Gasteiger partial charge in [-0.05, 0) is 29.3 Å². The normalized spacial score (nSPS) is 20.5. The standard InChI is InChI=1S/C14H17N3O3S/c1-9(11-3-6-21-8-11)14(18)17-4-5-19-7-12(17)13-16-15-10(2)20-13/h3,6,8-9,12H,4-5,7H2,1-2H3/t9-,12-/m0/s1. The number of carbonyl (C=O) groups excluding carboxylic acids is 1. The van der Waals surface area contributed by atoms with E-state index >= 15 is 0 Å².